The van der Waals surface area contributed by atoms with Crippen LogP contribution in [-0.4, -0.2) is 26.2 Å². The van der Waals surface area contributed by atoms with Gasteiger partial charge in [-0.25, -0.2) is 0 Å². The minimum atomic E-state index is 0.565. The molecule has 0 radical (unpaired) electrons. The Labute approximate surface area is 86.1 Å². The van der Waals surface area contributed by atoms with Crippen molar-refractivity contribution in [1.82, 2.24) is 0 Å². The van der Waals surface area contributed by atoms with Crippen LogP contribution >= 0.6 is 0 Å². The van der Waals surface area contributed by atoms with Gasteiger partial charge >= 0.3 is 0 Å². The highest BCUT2D eigenvalue weighted by Gasteiger charge is 2.29. The van der Waals surface area contributed by atoms with Crippen molar-refractivity contribution in [1.29, 1.82) is 0 Å². The van der Waals surface area contributed by atoms with Crippen LogP contribution < -0.4 is 9.80 Å². The molecular formula is C12H18N2. The number of benzene rings is 1. The number of likely N-dealkylation sites (N-methyl/N-ethyl adjacent to an activating group) is 2. The van der Waals surface area contributed by atoms with E-state index in [4.69, 9.17) is 0 Å². The number of rotatable bonds is 0. The molecule has 0 fully saturated rings. The highest BCUT2D eigenvalue weighted by molar-refractivity contribution is 5.74. The van der Waals surface area contributed by atoms with Gasteiger partial charge in [-0.15, -0.1) is 0 Å². The standard InChI is InChI=1S/C12H18N2/c1-9-10(2)14(4)12-8-6-5-7-11(12)13(9)3/h5-10H,1-4H3. The molecule has 2 atom stereocenters. The Bertz CT molecular complexity index is 302. The number of anilines is 2. The van der Waals surface area contributed by atoms with E-state index in [1.54, 1.807) is 0 Å². The Morgan fingerprint density at radius 1 is 0.857 bits per heavy atom. The van der Waals surface area contributed by atoms with Gasteiger partial charge in [-0.3, -0.25) is 0 Å². The van der Waals surface area contributed by atoms with Gasteiger partial charge in [0.25, 0.3) is 0 Å². The van der Waals surface area contributed by atoms with Gasteiger partial charge in [0.2, 0.25) is 0 Å². The van der Waals surface area contributed by atoms with Crippen LogP contribution in [0.4, 0.5) is 11.4 Å². The van der Waals surface area contributed by atoms with Crippen molar-refractivity contribution >= 4 is 11.4 Å². The zero-order valence-electron chi connectivity index (χ0n) is 9.36. The monoisotopic (exact) mass is 190 g/mol. The molecule has 0 saturated carbocycles. The molecule has 1 aromatic rings. The fraction of sp³-hybridized carbons (Fsp3) is 0.500. The average Bonchev–Trinajstić information content (AvgIpc) is 2.23. The minimum absolute atomic E-state index is 0.565. The predicted octanol–water partition coefficient (Wildman–Crippen LogP) is 2.35. The highest BCUT2D eigenvalue weighted by atomic mass is 15.3. The first-order valence-corrected chi connectivity index (χ1v) is 5.17. The first-order chi connectivity index (χ1) is 6.63. The molecule has 14 heavy (non-hydrogen) atoms. The summed E-state index contributed by atoms with van der Waals surface area (Å²) >= 11 is 0. The van der Waals surface area contributed by atoms with Gasteiger partial charge in [0.1, 0.15) is 0 Å². The lowest BCUT2D eigenvalue weighted by Gasteiger charge is -2.44. The molecule has 76 valence electrons. The van der Waals surface area contributed by atoms with Crippen molar-refractivity contribution in [2.75, 3.05) is 23.9 Å². The maximum Gasteiger partial charge on any atom is 0.0604 e. The van der Waals surface area contributed by atoms with Crippen LogP contribution in [0.3, 0.4) is 0 Å². The Balaban J connectivity index is 2.51. The molecule has 0 aliphatic carbocycles. The Kier molecular flexibility index (Phi) is 2.14. The van der Waals surface area contributed by atoms with Gasteiger partial charge in [0.15, 0.2) is 0 Å². The number of para-hydroxylation sites is 2. The lowest BCUT2D eigenvalue weighted by molar-refractivity contribution is 0.529. The molecule has 2 rings (SSSR count). The van der Waals surface area contributed by atoms with Gasteiger partial charge in [-0.2, -0.15) is 0 Å². The van der Waals surface area contributed by atoms with E-state index >= 15 is 0 Å². The summed E-state index contributed by atoms with van der Waals surface area (Å²) in [5.41, 5.74) is 2.67. The largest absolute Gasteiger partial charge is 0.368 e. The van der Waals surface area contributed by atoms with Crippen LogP contribution in [0.5, 0.6) is 0 Å². The molecular weight excluding hydrogens is 172 g/mol. The summed E-state index contributed by atoms with van der Waals surface area (Å²) in [6.07, 6.45) is 0. The summed E-state index contributed by atoms with van der Waals surface area (Å²) in [6.45, 7) is 4.55. The second kappa shape index (κ2) is 3.19. The van der Waals surface area contributed by atoms with Crippen molar-refractivity contribution < 1.29 is 0 Å². The maximum atomic E-state index is 2.36. The summed E-state index contributed by atoms with van der Waals surface area (Å²) in [5, 5.41) is 0. The molecule has 2 heteroatoms. The lowest BCUT2D eigenvalue weighted by atomic mass is 10.0. The Morgan fingerprint density at radius 2 is 1.21 bits per heavy atom. The Hall–Kier alpha value is -1.18. The van der Waals surface area contributed by atoms with Crippen LogP contribution in [-0.2, 0) is 0 Å². The van der Waals surface area contributed by atoms with E-state index in [0.717, 1.165) is 0 Å². The zero-order chi connectivity index (χ0) is 10.3. The van der Waals surface area contributed by atoms with Crippen LogP contribution in [0.25, 0.3) is 0 Å². The van der Waals surface area contributed by atoms with Gasteiger partial charge in [0.05, 0.1) is 11.4 Å². The van der Waals surface area contributed by atoms with Crippen LogP contribution in [0.1, 0.15) is 13.8 Å². The van der Waals surface area contributed by atoms with Gasteiger partial charge in [-0.05, 0) is 26.0 Å². The molecule has 0 amide bonds. The lowest BCUT2D eigenvalue weighted by Crippen LogP contribution is -2.50. The summed E-state index contributed by atoms with van der Waals surface area (Å²) in [5.74, 6) is 0. The number of fused-ring (bicyclic) bond motifs is 1. The average molecular weight is 190 g/mol. The smallest absolute Gasteiger partial charge is 0.0604 e. The van der Waals surface area contributed by atoms with E-state index in [-0.39, 0.29) is 0 Å². The van der Waals surface area contributed by atoms with Gasteiger partial charge in [-0.1, -0.05) is 12.1 Å². The molecule has 0 bridgehead atoms. The summed E-state index contributed by atoms with van der Waals surface area (Å²) in [7, 11) is 4.35. The van der Waals surface area contributed by atoms with Gasteiger partial charge < -0.3 is 9.80 Å². The first-order valence-electron chi connectivity index (χ1n) is 5.17. The first kappa shape index (κ1) is 9.38. The van der Waals surface area contributed by atoms with E-state index in [1.807, 2.05) is 0 Å². The second-order valence-corrected chi connectivity index (χ2v) is 4.19. The minimum Gasteiger partial charge on any atom is -0.368 e. The molecule has 1 heterocycles. The van der Waals surface area contributed by atoms with E-state index in [2.05, 4.69) is 62.0 Å². The van der Waals surface area contributed by atoms with Crippen molar-refractivity contribution in [3.8, 4) is 0 Å². The molecule has 0 N–H and O–H groups in total. The van der Waals surface area contributed by atoms with Gasteiger partial charge in [0, 0.05) is 26.2 Å². The molecule has 2 unspecified atom stereocenters. The van der Waals surface area contributed by atoms with Crippen molar-refractivity contribution in [2.24, 2.45) is 0 Å². The normalized spacial score (nSPS) is 26.3. The van der Waals surface area contributed by atoms with Crippen LogP contribution in [0, 0.1) is 0 Å². The van der Waals surface area contributed by atoms with Crippen LogP contribution in [0.15, 0.2) is 24.3 Å². The fourth-order valence-corrected chi connectivity index (χ4v) is 2.15. The molecule has 1 aliphatic heterocycles. The SMILES string of the molecule is CC1C(C)N(C)c2ccccc2N1C. The van der Waals surface area contributed by atoms with E-state index in [1.165, 1.54) is 11.4 Å². The summed E-state index contributed by atoms with van der Waals surface area (Å²) in [6, 6.07) is 9.71. The van der Waals surface area contributed by atoms with Crippen molar-refractivity contribution in [2.45, 2.75) is 25.9 Å². The van der Waals surface area contributed by atoms with Crippen molar-refractivity contribution in [3.63, 3.8) is 0 Å². The topological polar surface area (TPSA) is 6.48 Å². The molecule has 0 spiro atoms. The maximum absolute atomic E-state index is 2.36. The molecule has 1 aliphatic rings. The molecule has 0 aromatic heterocycles. The number of hydrogen-bond acceptors (Lipinski definition) is 2. The molecule has 0 saturated heterocycles. The Morgan fingerprint density at radius 3 is 1.57 bits per heavy atom. The van der Waals surface area contributed by atoms with Crippen molar-refractivity contribution in [3.05, 3.63) is 24.3 Å². The third-order valence-corrected chi connectivity index (χ3v) is 3.56. The van der Waals surface area contributed by atoms with E-state index < -0.39 is 0 Å². The highest BCUT2D eigenvalue weighted by Crippen LogP contribution is 2.35. The predicted molar refractivity (Wildman–Crippen MR) is 62.2 cm³/mol. The molecule has 1 aromatic carbocycles. The fourth-order valence-electron chi connectivity index (χ4n) is 2.15. The van der Waals surface area contributed by atoms with E-state index in [0.29, 0.717) is 12.1 Å². The summed E-state index contributed by atoms with van der Waals surface area (Å²) < 4.78 is 0. The number of nitrogens with zero attached hydrogens (tertiary/aromatic N) is 2. The van der Waals surface area contributed by atoms with E-state index in [9.17, 15) is 0 Å². The zero-order valence-corrected chi connectivity index (χ0v) is 9.36. The third kappa shape index (κ3) is 1.17. The quantitative estimate of drug-likeness (QED) is 0.619. The third-order valence-electron chi connectivity index (χ3n) is 3.56. The summed E-state index contributed by atoms with van der Waals surface area (Å²) in [4.78, 5) is 4.72. The second-order valence-electron chi connectivity index (χ2n) is 4.19. The molecule has 2 nitrogen and oxygen atoms in total. The number of hydrogen-bond donors (Lipinski definition) is 0. The van der Waals surface area contributed by atoms with Crippen LogP contribution in [0.2, 0.25) is 0 Å².